The molecule has 0 spiro atoms. The Labute approximate surface area is 171 Å². The highest BCUT2D eigenvalue weighted by molar-refractivity contribution is 7.90. The highest BCUT2D eigenvalue weighted by Crippen LogP contribution is 2.43. The highest BCUT2D eigenvalue weighted by atomic mass is 32.2. The highest BCUT2D eigenvalue weighted by Gasteiger charge is 2.41. The van der Waals surface area contributed by atoms with Crippen LogP contribution >= 0.6 is 0 Å². The number of fused-ring (bicyclic) bond motifs is 1. The van der Waals surface area contributed by atoms with Gasteiger partial charge >= 0.3 is 0 Å². The topological polar surface area (TPSA) is 60.9 Å². The smallest absolute Gasteiger partial charge is 0.175 e. The van der Waals surface area contributed by atoms with Crippen molar-refractivity contribution >= 4 is 9.84 Å². The number of halogens is 1. The van der Waals surface area contributed by atoms with Gasteiger partial charge in [0, 0.05) is 49.0 Å². The lowest BCUT2D eigenvalue weighted by molar-refractivity contribution is 0.213. The zero-order valence-corrected chi connectivity index (χ0v) is 17.8. The number of phenols is 1. The van der Waals surface area contributed by atoms with Gasteiger partial charge in [0.2, 0.25) is 0 Å². The van der Waals surface area contributed by atoms with Crippen molar-refractivity contribution < 1.29 is 17.9 Å². The molecule has 4 rings (SSSR count). The average Bonchev–Trinajstić information content (AvgIpc) is 3.25. The van der Waals surface area contributed by atoms with E-state index in [2.05, 4.69) is 9.80 Å². The number of phenolic OH excluding ortho intramolecular Hbond substituents is 1. The first-order chi connectivity index (χ1) is 13.6. The van der Waals surface area contributed by atoms with Crippen LogP contribution in [0.4, 0.5) is 4.39 Å². The number of aromatic hydroxyl groups is 1. The standard InChI is InChI=1S/C22H27FN2O3S/c1-24(2)21-13-25(20-9-6-15-10-16(26)11-19(23)22(15)20)12-18(21)14-4-7-17(8-5-14)29(3,27)28/h4-5,7-8,10-11,18,20-21,26H,6,9,12-13H2,1-3H3/t18-,20?,21+/m0/s1. The first-order valence-electron chi connectivity index (χ1n) is 9.87. The number of likely N-dealkylation sites (tertiary alicyclic amines) is 1. The number of likely N-dealkylation sites (N-methyl/N-ethyl adjacent to an activating group) is 1. The summed E-state index contributed by atoms with van der Waals surface area (Å²) in [7, 11) is 0.876. The second-order valence-corrected chi connectivity index (χ2v) is 10.5. The minimum absolute atomic E-state index is 0.00772. The number of aryl methyl sites for hydroxylation is 1. The largest absolute Gasteiger partial charge is 0.508 e. The van der Waals surface area contributed by atoms with Crippen molar-refractivity contribution in [3.8, 4) is 5.75 Å². The van der Waals surface area contributed by atoms with E-state index in [1.165, 1.54) is 12.3 Å². The van der Waals surface area contributed by atoms with Gasteiger partial charge in [-0.3, -0.25) is 4.90 Å². The van der Waals surface area contributed by atoms with Crippen LogP contribution in [0.25, 0.3) is 0 Å². The van der Waals surface area contributed by atoms with E-state index in [1.807, 2.05) is 26.2 Å². The molecule has 2 aromatic carbocycles. The number of nitrogens with zero attached hydrogens (tertiary/aromatic N) is 2. The zero-order chi connectivity index (χ0) is 20.9. The van der Waals surface area contributed by atoms with E-state index in [0.717, 1.165) is 37.1 Å². The van der Waals surface area contributed by atoms with Gasteiger partial charge in [0.1, 0.15) is 11.6 Å². The Morgan fingerprint density at radius 2 is 1.83 bits per heavy atom. The third-order valence-electron chi connectivity index (χ3n) is 6.38. The van der Waals surface area contributed by atoms with Crippen molar-refractivity contribution in [2.75, 3.05) is 33.4 Å². The lowest BCUT2D eigenvalue weighted by Crippen LogP contribution is -2.35. The summed E-state index contributed by atoms with van der Waals surface area (Å²) in [5.41, 5.74) is 2.71. The average molecular weight is 419 g/mol. The molecule has 7 heteroatoms. The van der Waals surface area contributed by atoms with Gasteiger partial charge in [-0.25, -0.2) is 12.8 Å². The summed E-state index contributed by atoms with van der Waals surface area (Å²) in [6.45, 7) is 1.60. The molecule has 0 aromatic heterocycles. The Kier molecular flexibility index (Phi) is 5.17. The fourth-order valence-electron chi connectivity index (χ4n) is 4.92. The first-order valence-corrected chi connectivity index (χ1v) is 11.8. The van der Waals surface area contributed by atoms with Crippen LogP contribution in [0, 0.1) is 5.82 Å². The number of hydrogen-bond acceptors (Lipinski definition) is 5. The fourth-order valence-corrected chi connectivity index (χ4v) is 5.55. The SMILES string of the molecule is CN(C)[C@@H]1CN(C2CCc3cc(O)cc(F)c32)C[C@H]1c1ccc(S(C)(=O)=O)cc1. The third kappa shape index (κ3) is 3.79. The molecule has 2 aromatic rings. The van der Waals surface area contributed by atoms with Crippen molar-refractivity contribution in [3.05, 3.63) is 58.9 Å². The molecule has 2 aliphatic rings. The van der Waals surface area contributed by atoms with Crippen molar-refractivity contribution in [2.45, 2.75) is 35.7 Å². The van der Waals surface area contributed by atoms with Gasteiger partial charge in [0.15, 0.2) is 9.84 Å². The summed E-state index contributed by atoms with van der Waals surface area (Å²) in [6, 6.07) is 10.3. The Morgan fingerprint density at radius 1 is 1.14 bits per heavy atom. The van der Waals surface area contributed by atoms with Crippen molar-refractivity contribution in [2.24, 2.45) is 0 Å². The van der Waals surface area contributed by atoms with E-state index in [4.69, 9.17) is 0 Å². The number of rotatable bonds is 4. The summed E-state index contributed by atoms with van der Waals surface area (Å²) in [6.07, 6.45) is 2.82. The van der Waals surface area contributed by atoms with E-state index < -0.39 is 9.84 Å². The first kappa shape index (κ1) is 20.3. The van der Waals surface area contributed by atoms with E-state index >= 15 is 0 Å². The van der Waals surface area contributed by atoms with E-state index in [0.29, 0.717) is 10.5 Å². The van der Waals surface area contributed by atoms with Crippen molar-refractivity contribution in [3.63, 3.8) is 0 Å². The van der Waals surface area contributed by atoms with Gasteiger partial charge in [-0.05, 0) is 56.3 Å². The Morgan fingerprint density at radius 3 is 2.45 bits per heavy atom. The summed E-state index contributed by atoms with van der Waals surface area (Å²) in [5.74, 6) is -0.133. The molecule has 29 heavy (non-hydrogen) atoms. The van der Waals surface area contributed by atoms with Crippen LogP contribution in [0.3, 0.4) is 0 Å². The van der Waals surface area contributed by atoms with Gasteiger partial charge in [-0.15, -0.1) is 0 Å². The Bertz CT molecular complexity index is 1020. The summed E-state index contributed by atoms with van der Waals surface area (Å²) >= 11 is 0. The fraction of sp³-hybridized carbons (Fsp3) is 0.455. The maximum Gasteiger partial charge on any atom is 0.175 e. The summed E-state index contributed by atoms with van der Waals surface area (Å²) in [4.78, 5) is 4.85. The molecule has 0 amide bonds. The van der Waals surface area contributed by atoms with Gasteiger partial charge < -0.3 is 10.0 Å². The molecule has 0 bridgehead atoms. The molecule has 1 N–H and O–H groups in total. The van der Waals surface area contributed by atoms with Gasteiger partial charge in [0.25, 0.3) is 0 Å². The van der Waals surface area contributed by atoms with Crippen LogP contribution in [0.5, 0.6) is 5.75 Å². The summed E-state index contributed by atoms with van der Waals surface area (Å²) < 4.78 is 38.2. The van der Waals surface area contributed by atoms with Crippen molar-refractivity contribution in [1.29, 1.82) is 0 Å². The zero-order valence-electron chi connectivity index (χ0n) is 17.0. The van der Waals surface area contributed by atoms with Crippen LogP contribution in [0.1, 0.15) is 35.1 Å². The van der Waals surface area contributed by atoms with E-state index in [9.17, 15) is 17.9 Å². The van der Waals surface area contributed by atoms with Gasteiger partial charge in [-0.2, -0.15) is 0 Å². The molecule has 156 valence electrons. The molecule has 1 saturated heterocycles. The van der Waals surface area contributed by atoms with Gasteiger partial charge in [-0.1, -0.05) is 12.1 Å². The molecular weight excluding hydrogens is 391 g/mol. The quantitative estimate of drug-likeness (QED) is 0.827. The van der Waals surface area contributed by atoms with Crippen molar-refractivity contribution in [1.82, 2.24) is 9.80 Å². The molecule has 5 nitrogen and oxygen atoms in total. The minimum atomic E-state index is -3.22. The Balaban J connectivity index is 1.62. The lowest BCUT2D eigenvalue weighted by Gasteiger charge is -2.26. The van der Waals surface area contributed by atoms with Crippen LogP contribution in [-0.2, 0) is 16.3 Å². The Hall–Kier alpha value is -1.96. The third-order valence-corrected chi connectivity index (χ3v) is 7.51. The normalized spacial score (nSPS) is 24.9. The second-order valence-electron chi connectivity index (χ2n) is 8.49. The molecule has 1 fully saturated rings. The molecule has 0 radical (unpaired) electrons. The molecular formula is C22H27FN2O3S. The predicted molar refractivity (Wildman–Crippen MR) is 110 cm³/mol. The minimum Gasteiger partial charge on any atom is -0.508 e. The number of sulfone groups is 1. The number of benzene rings is 2. The maximum absolute atomic E-state index is 14.6. The van der Waals surface area contributed by atoms with E-state index in [-0.39, 0.29) is 29.6 Å². The molecule has 1 aliphatic carbocycles. The van der Waals surface area contributed by atoms with Crippen LogP contribution in [-0.4, -0.2) is 62.8 Å². The van der Waals surface area contributed by atoms with Gasteiger partial charge in [0.05, 0.1) is 4.90 Å². The summed E-state index contributed by atoms with van der Waals surface area (Å²) in [5, 5.41) is 9.71. The lowest BCUT2D eigenvalue weighted by atomic mass is 9.94. The second kappa shape index (κ2) is 7.38. The van der Waals surface area contributed by atoms with E-state index in [1.54, 1.807) is 18.2 Å². The molecule has 0 saturated carbocycles. The molecule has 3 atom stereocenters. The predicted octanol–water partition coefficient (Wildman–Crippen LogP) is 2.95. The maximum atomic E-state index is 14.6. The number of hydrogen-bond donors (Lipinski definition) is 1. The molecule has 1 unspecified atom stereocenters. The van der Waals surface area contributed by atoms with Crippen LogP contribution in [0.15, 0.2) is 41.3 Å². The monoisotopic (exact) mass is 418 g/mol. The van der Waals surface area contributed by atoms with Crippen LogP contribution in [0.2, 0.25) is 0 Å². The molecule has 1 heterocycles. The van der Waals surface area contributed by atoms with Crippen LogP contribution < -0.4 is 0 Å². The molecule has 1 aliphatic heterocycles.